The van der Waals surface area contributed by atoms with Crippen molar-refractivity contribution >= 4 is 22.7 Å². The summed E-state index contributed by atoms with van der Waals surface area (Å²) in [6.07, 6.45) is 7.16. The van der Waals surface area contributed by atoms with Gasteiger partial charge in [-0.1, -0.05) is 26.2 Å². The van der Waals surface area contributed by atoms with Gasteiger partial charge in [0, 0.05) is 30.6 Å². The van der Waals surface area contributed by atoms with Crippen molar-refractivity contribution in [3.05, 3.63) is 12.1 Å². The van der Waals surface area contributed by atoms with Gasteiger partial charge in [-0.05, 0) is 31.9 Å². The van der Waals surface area contributed by atoms with Crippen LogP contribution in [0.1, 0.15) is 45.4 Å². The first-order chi connectivity index (χ1) is 13.7. The number of piperidine rings is 1. The third-order valence-electron chi connectivity index (χ3n) is 5.44. The van der Waals surface area contributed by atoms with Crippen LogP contribution in [0.15, 0.2) is 12.1 Å². The van der Waals surface area contributed by atoms with Gasteiger partial charge in [0.1, 0.15) is 5.82 Å². The lowest BCUT2D eigenvalue weighted by molar-refractivity contribution is 0.356. The van der Waals surface area contributed by atoms with Crippen molar-refractivity contribution in [3.63, 3.8) is 0 Å². The van der Waals surface area contributed by atoms with E-state index in [4.69, 9.17) is 20.2 Å². The summed E-state index contributed by atoms with van der Waals surface area (Å²) in [5.74, 6) is 2.46. The molecule has 0 radical (unpaired) electrons. The van der Waals surface area contributed by atoms with E-state index in [2.05, 4.69) is 22.1 Å². The van der Waals surface area contributed by atoms with Crippen molar-refractivity contribution in [1.29, 1.82) is 0 Å². The Morgan fingerprint density at radius 2 is 1.93 bits per heavy atom. The predicted octanol–water partition coefficient (Wildman–Crippen LogP) is 3.37. The molecule has 1 fully saturated rings. The lowest BCUT2D eigenvalue weighted by Gasteiger charge is -2.35. The second kappa shape index (κ2) is 9.78. The number of rotatable bonds is 9. The van der Waals surface area contributed by atoms with E-state index in [1.54, 1.807) is 14.2 Å². The molecule has 2 aromatic rings. The van der Waals surface area contributed by atoms with Gasteiger partial charge in [0.15, 0.2) is 11.5 Å². The van der Waals surface area contributed by atoms with Crippen LogP contribution in [0, 0.1) is 0 Å². The maximum Gasteiger partial charge on any atom is 0.228 e. The third-order valence-corrected chi connectivity index (χ3v) is 5.44. The number of aromatic nitrogens is 2. The van der Waals surface area contributed by atoms with Crippen LogP contribution in [0.3, 0.4) is 0 Å². The van der Waals surface area contributed by atoms with Crippen LogP contribution < -0.4 is 25.4 Å². The van der Waals surface area contributed by atoms with E-state index in [9.17, 15) is 0 Å². The van der Waals surface area contributed by atoms with Crippen molar-refractivity contribution in [2.75, 3.05) is 44.5 Å². The summed E-state index contributed by atoms with van der Waals surface area (Å²) < 4.78 is 10.8. The smallest absolute Gasteiger partial charge is 0.228 e. The molecule has 0 aliphatic carbocycles. The van der Waals surface area contributed by atoms with Crippen LogP contribution in [0.2, 0.25) is 0 Å². The van der Waals surface area contributed by atoms with Crippen LogP contribution in [-0.2, 0) is 0 Å². The first-order valence-corrected chi connectivity index (χ1v) is 10.3. The normalized spacial score (nSPS) is 16.9. The molecule has 1 saturated heterocycles. The molecule has 3 rings (SSSR count). The van der Waals surface area contributed by atoms with Crippen molar-refractivity contribution in [3.8, 4) is 11.5 Å². The number of hydrogen-bond acceptors (Lipinski definition) is 7. The number of nitrogens with one attached hydrogen (secondary N) is 1. The Balaban J connectivity index is 1.95. The Morgan fingerprint density at radius 1 is 1.14 bits per heavy atom. The Labute approximate surface area is 167 Å². The third kappa shape index (κ3) is 4.58. The number of methoxy groups -OCH3 is 2. The molecule has 0 bridgehead atoms. The molecule has 28 heavy (non-hydrogen) atoms. The first-order valence-electron chi connectivity index (χ1n) is 10.3. The number of nitrogens with two attached hydrogens (primary N) is 1. The van der Waals surface area contributed by atoms with Gasteiger partial charge in [0.05, 0.1) is 19.7 Å². The second-order valence-corrected chi connectivity index (χ2v) is 7.39. The van der Waals surface area contributed by atoms with Gasteiger partial charge in [-0.3, -0.25) is 0 Å². The Morgan fingerprint density at radius 3 is 2.61 bits per heavy atom. The van der Waals surface area contributed by atoms with E-state index in [1.807, 2.05) is 12.1 Å². The number of ether oxygens (including phenoxy) is 2. The van der Waals surface area contributed by atoms with Gasteiger partial charge in [-0.15, -0.1) is 0 Å². The van der Waals surface area contributed by atoms with Gasteiger partial charge in [0.2, 0.25) is 5.95 Å². The highest BCUT2D eigenvalue weighted by atomic mass is 16.5. The van der Waals surface area contributed by atoms with Gasteiger partial charge in [-0.25, -0.2) is 4.98 Å². The predicted molar refractivity (Wildman–Crippen MR) is 114 cm³/mol. The molecular formula is C21H33N5O2. The number of nitrogen functional groups attached to an aromatic ring is 1. The highest BCUT2D eigenvalue weighted by Crippen LogP contribution is 2.34. The zero-order valence-corrected chi connectivity index (χ0v) is 17.3. The van der Waals surface area contributed by atoms with Crippen LogP contribution in [0.4, 0.5) is 11.8 Å². The summed E-state index contributed by atoms with van der Waals surface area (Å²) >= 11 is 0. The molecule has 2 heterocycles. The molecule has 0 unspecified atom stereocenters. The average molecular weight is 388 g/mol. The Bertz CT molecular complexity index is 777. The minimum absolute atomic E-state index is 0.396. The van der Waals surface area contributed by atoms with E-state index in [-0.39, 0.29) is 0 Å². The summed E-state index contributed by atoms with van der Waals surface area (Å²) in [4.78, 5) is 11.9. The highest BCUT2D eigenvalue weighted by molar-refractivity contribution is 5.91. The van der Waals surface area contributed by atoms with Gasteiger partial charge in [0.25, 0.3) is 0 Å². The lowest BCUT2D eigenvalue weighted by Crippen LogP contribution is -2.47. The molecule has 1 aliphatic rings. The number of unbranched alkanes of at least 4 members (excludes halogenated alkanes) is 3. The zero-order chi connectivity index (χ0) is 19.9. The molecule has 0 spiro atoms. The molecule has 3 N–H and O–H groups in total. The molecule has 7 nitrogen and oxygen atoms in total. The maximum atomic E-state index is 6.33. The Kier molecular flexibility index (Phi) is 7.14. The molecule has 1 aromatic carbocycles. The van der Waals surface area contributed by atoms with Crippen LogP contribution in [-0.4, -0.2) is 49.9 Å². The Hall–Kier alpha value is -2.28. The molecule has 1 aliphatic heterocycles. The molecule has 154 valence electrons. The SMILES string of the molecule is CCCCCCN(c1nc(N)c2cc(OC)c(OC)cc2n1)[C@H]1CCCNC1. The van der Waals surface area contributed by atoms with Crippen LogP contribution >= 0.6 is 0 Å². The van der Waals surface area contributed by atoms with E-state index in [1.165, 1.54) is 25.7 Å². The van der Waals surface area contributed by atoms with Crippen LogP contribution in [0.25, 0.3) is 10.9 Å². The van der Waals surface area contributed by atoms with Crippen LogP contribution in [0.5, 0.6) is 11.5 Å². The summed E-state index contributed by atoms with van der Waals surface area (Å²) in [5.41, 5.74) is 7.11. The first kappa shape index (κ1) is 20.5. The second-order valence-electron chi connectivity index (χ2n) is 7.39. The summed E-state index contributed by atoms with van der Waals surface area (Å²) in [5, 5.41) is 4.29. The monoisotopic (exact) mass is 387 g/mol. The average Bonchev–Trinajstić information content (AvgIpc) is 2.73. The fourth-order valence-corrected chi connectivity index (χ4v) is 3.85. The molecular weight excluding hydrogens is 354 g/mol. The molecule has 0 amide bonds. The number of benzene rings is 1. The van der Waals surface area contributed by atoms with Crippen molar-refractivity contribution in [2.45, 2.75) is 51.5 Å². The van der Waals surface area contributed by atoms with Crippen molar-refractivity contribution < 1.29 is 9.47 Å². The van der Waals surface area contributed by atoms with E-state index >= 15 is 0 Å². The van der Waals surface area contributed by atoms with Gasteiger partial charge >= 0.3 is 0 Å². The number of hydrogen-bond donors (Lipinski definition) is 2. The fourth-order valence-electron chi connectivity index (χ4n) is 3.85. The lowest BCUT2D eigenvalue weighted by atomic mass is 10.1. The summed E-state index contributed by atoms with van der Waals surface area (Å²) in [6.45, 7) is 5.22. The molecule has 1 atom stereocenters. The van der Waals surface area contributed by atoms with Gasteiger partial charge in [-0.2, -0.15) is 4.98 Å². The molecule has 0 saturated carbocycles. The van der Waals surface area contributed by atoms with E-state index in [0.29, 0.717) is 29.3 Å². The number of nitrogens with zero attached hydrogens (tertiary/aromatic N) is 3. The van der Waals surface area contributed by atoms with Gasteiger partial charge < -0.3 is 25.4 Å². The van der Waals surface area contributed by atoms with E-state index in [0.717, 1.165) is 43.4 Å². The summed E-state index contributed by atoms with van der Waals surface area (Å²) in [7, 11) is 3.24. The molecule has 7 heteroatoms. The van der Waals surface area contributed by atoms with Crippen molar-refractivity contribution in [1.82, 2.24) is 15.3 Å². The maximum absolute atomic E-state index is 6.33. The summed E-state index contributed by atoms with van der Waals surface area (Å²) in [6, 6.07) is 4.12. The van der Waals surface area contributed by atoms with Crippen molar-refractivity contribution in [2.24, 2.45) is 0 Å². The quantitative estimate of drug-likeness (QED) is 0.638. The number of anilines is 2. The largest absolute Gasteiger partial charge is 0.493 e. The highest BCUT2D eigenvalue weighted by Gasteiger charge is 2.24. The zero-order valence-electron chi connectivity index (χ0n) is 17.3. The minimum Gasteiger partial charge on any atom is -0.493 e. The molecule has 1 aromatic heterocycles. The topological polar surface area (TPSA) is 85.5 Å². The van der Waals surface area contributed by atoms with E-state index < -0.39 is 0 Å². The fraction of sp³-hybridized carbons (Fsp3) is 0.619. The standard InChI is InChI=1S/C21H33N5O2/c1-4-5-6-7-11-26(15-9-8-10-23-14-15)21-24-17-13-19(28-3)18(27-2)12-16(17)20(22)25-21/h12-13,15,23H,4-11,14H2,1-3H3,(H2,22,24,25)/t15-/m0/s1. The minimum atomic E-state index is 0.396. The number of fused-ring (bicyclic) bond motifs is 1.